The summed E-state index contributed by atoms with van der Waals surface area (Å²) in [6.07, 6.45) is 3.35. The van der Waals surface area contributed by atoms with E-state index in [1.54, 1.807) is 12.3 Å². The van der Waals surface area contributed by atoms with E-state index in [9.17, 15) is 4.79 Å². The van der Waals surface area contributed by atoms with Crippen LogP contribution in [0.1, 0.15) is 6.92 Å². The van der Waals surface area contributed by atoms with Crippen molar-refractivity contribution in [2.24, 2.45) is 5.92 Å². The highest BCUT2D eigenvalue weighted by Crippen LogP contribution is 2.26. The molecule has 2 rings (SSSR count). The maximum absolute atomic E-state index is 11.9. The lowest BCUT2D eigenvalue weighted by atomic mass is 10.1. The number of carbonyl (C=O) groups is 1. The van der Waals surface area contributed by atoms with Crippen LogP contribution in [-0.2, 0) is 4.79 Å². The Bertz CT molecular complexity index is 610. The molecule has 92 valence electrons. The van der Waals surface area contributed by atoms with Gasteiger partial charge in [0.2, 0.25) is 5.91 Å². The van der Waals surface area contributed by atoms with Crippen molar-refractivity contribution in [3.8, 4) is 0 Å². The van der Waals surface area contributed by atoms with Crippen LogP contribution in [0.3, 0.4) is 0 Å². The third-order valence-corrected chi connectivity index (χ3v) is 3.68. The van der Waals surface area contributed by atoms with Gasteiger partial charge in [0.1, 0.15) is 0 Å². The topological polar surface area (TPSA) is 42.0 Å². The molecule has 0 fully saturated rings. The van der Waals surface area contributed by atoms with Crippen molar-refractivity contribution in [2.45, 2.75) is 6.92 Å². The molecule has 18 heavy (non-hydrogen) atoms. The highest BCUT2D eigenvalue weighted by Gasteiger charge is 2.12. The van der Waals surface area contributed by atoms with Crippen LogP contribution < -0.4 is 5.32 Å². The molecule has 1 N–H and O–H groups in total. The largest absolute Gasteiger partial charge is 0.324 e. The lowest BCUT2D eigenvalue weighted by molar-refractivity contribution is -0.118. The van der Waals surface area contributed by atoms with Gasteiger partial charge >= 0.3 is 0 Å². The van der Waals surface area contributed by atoms with Crippen molar-refractivity contribution >= 4 is 45.1 Å². The van der Waals surface area contributed by atoms with E-state index < -0.39 is 0 Å². The highest BCUT2D eigenvalue weighted by atomic mass is 127. The molecule has 4 heteroatoms. The van der Waals surface area contributed by atoms with Crippen LogP contribution >= 0.6 is 22.6 Å². The predicted molar refractivity (Wildman–Crippen MR) is 82.5 cm³/mol. The fourth-order valence-corrected chi connectivity index (χ4v) is 2.21. The maximum atomic E-state index is 11.9. The first-order chi connectivity index (χ1) is 8.63. The van der Waals surface area contributed by atoms with Gasteiger partial charge in [-0.25, -0.2) is 0 Å². The summed E-state index contributed by atoms with van der Waals surface area (Å²) >= 11 is 2.26. The quantitative estimate of drug-likeness (QED) is 0.678. The van der Waals surface area contributed by atoms with Crippen molar-refractivity contribution in [1.29, 1.82) is 0 Å². The Balaban J connectivity index is 2.43. The maximum Gasteiger partial charge on any atom is 0.231 e. The van der Waals surface area contributed by atoms with E-state index >= 15 is 0 Å². The lowest BCUT2D eigenvalue weighted by Crippen LogP contribution is -2.18. The van der Waals surface area contributed by atoms with Crippen molar-refractivity contribution in [3.05, 3.63) is 46.7 Å². The SMILES string of the molecule is C=CC(C)C(=O)Nc1ccc(I)c2cccnc12. The Kier molecular flexibility index (Phi) is 3.96. The number of nitrogens with one attached hydrogen (secondary N) is 1. The van der Waals surface area contributed by atoms with Crippen LogP contribution in [-0.4, -0.2) is 10.9 Å². The minimum atomic E-state index is -0.219. The van der Waals surface area contributed by atoms with Crippen LogP contribution in [0.15, 0.2) is 43.1 Å². The molecule has 0 aliphatic heterocycles. The Morgan fingerprint density at radius 3 is 3.00 bits per heavy atom. The number of carbonyl (C=O) groups excluding carboxylic acids is 1. The number of hydrogen-bond donors (Lipinski definition) is 1. The molecule has 0 saturated carbocycles. The molecule has 0 bridgehead atoms. The second-order valence-electron chi connectivity index (χ2n) is 4.01. The van der Waals surface area contributed by atoms with E-state index in [2.05, 4.69) is 39.5 Å². The number of hydrogen-bond acceptors (Lipinski definition) is 2. The van der Waals surface area contributed by atoms with E-state index in [0.717, 1.165) is 20.2 Å². The van der Waals surface area contributed by atoms with E-state index in [1.807, 2.05) is 31.2 Å². The summed E-state index contributed by atoms with van der Waals surface area (Å²) < 4.78 is 1.12. The first-order valence-corrected chi connectivity index (χ1v) is 6.68. The fourth-order valence-electron chi connectivity index (χ4n) is 1.59. The molecule has 3 nitrogen and oxygen atoms in total. The number of pyridine rings is 1. The number of aromatic nitrogens is 1. The average Bonchev–Trinajstić information content (AvgIpc) is 2.41. The molecule has 2 aromatic rings. The minimum absolute atomic E-state index is 0.0711. The smallest absolute Gasteiger partial charge is 0.231 e. The summed E-state index contributed by atoms with van der Waals surface area (Å²) in [4.78, 5) is 16.2. The molecule has 0 aliphatic rings. The van der Waals surface area contributed by atoms with Gasteiger partial charge in [0, 0.05) is 15.2 Å². The van der Waals surface area contributed by atoms with Crippen molar-refractivity contribution in [2.75, 3.05) is 5.32 Å². The Hall–Kier alpha value is -1.43. The molecule has 1 aromatic heterocycles. The van der Waals surface area contributed by atoms with Gasteiger partial charge in [-0.05, 0) is 40.8 Å². The van der Waals surface area contributed by atoms with Crippen molar-refractivity contribution in [3.63, 3.8) is 0 Å². The summed E-state index contributed by atoms with van der Waals surface area (Å²) in [6, 6.07) is 7.74. The molecule has 0 aliphatic carbocycles. The number of fused-ring (bicyclic) bond motifs is 1. The fraction of sp³-hybridized carbons (Fsp3) is 0.143. The Morgan fingerprint density at radius 1 is 1.50 bits per heavy atom. The minimum Gasteiger partial charge on any atom is -0.324 e. The van der Waals surface area contributed by atoms with E-state index in [1.165, 1.54) is 0 Å². The number of amides is 1. The van der Waals surface area contributed by atoms with E-state index in [0.29, 0.717) is 0 Å². The predicted octanol–water partition coefficient (Wildman–Crippen LogP) is 3.60. The molecular formula is C14H13IN2O. The zero-order chi connectivity index (χ0) is 13.1. The molecule has 1 unspecified atom stereocenters. The first kappa shape index (κ1) is 13.0. The Labute approximate surface area is 119 Å². The van der Waals surface area contributed by atoms with Gasteiger partial charge in [0.25, 0.3) is 0 Å². The molecule has 0 saturated heterocycles. The zero-order valence-corrected chi connectivity index (χ0v) is 12.1. The summed E-state index contributed by atoms with van der Waals surface area (Å²) in [5.41, 5.74) is 1.55. The third kappa shape index (κ3) is 2.53. The van der Waals surface area contributed by atoms with E-state index in [4.69, 9.17) is 0 Å². The number of anilines is 1. The van der Waals surface area contributed by atoms with Crippen molar-refractivity contribution in [1.82, 2.24) is 4.98 Å². The van der Waals surface area contributed by atoms with Gasteiger partial charge < -0.3 is 5.32 Å². The summed E-state index contributed by atoms with van der Waals surface area (Å²) in [5.74, 6) is -0.291. The number of rotatable bonds is 3. The first-order valence-electron chi connectivity index (χ1n) is 5.60. The summed E-state index contributed by atoms with van der Waals surface area (Å²) in [5, 5.41) is 3.93. The second-order valence-corrected chi connectivity index (χ2v) is 5.17. The molecule has 1 heterocycles. The third-order valence-electron chi connectivity index (χ3n) is 2.74. The van der Waals surface area contributed by atoms with Gasteiger partial charge in [0.05, 0.1) is 17.1 Å². The summed E-state index contributed by atoms with van der Waals surface area (Å²) in [7, 11) is 0. The molecule has 1 aromatic carbocycles. The molecule has 0 radical (unpaired) electrons. The Morgan fingerprint density at radius 2 is 2.28 bits per heavy atom. The molecular weight excluding hydrogens is 339 g/mol. The number of benzene rings is 1. The number of nitrogens with zero attached hydrogens (tertiary/aromatic N) is 1. The normalized spacial score (nSPS) is 12.1. The standard InChI is InChI=1S/C14H13IN2O/c1-3-9(2)14(18)17-12-7-6-11(15)10-5-4-8-16-13(10)12/h3-9H,1H2,2H3,(H,17,18). The van der Waals surface area contributed by atoms with E-state index in [-0.39, 0.29) is 11.8 Å². The second kappa shape index (κ2) is 5.48. The van der Waals surface area contributed by atoms with Gasteiger partial charge in [-0.2, -0.15) is 0 Å². The van der Waals surface area contributed by atoms with Gasteiger partial charge in [-0.1, -0.05) is 19.1 Å². The van der Waals surface area contributed by atoms with Crippen LogP contribution in [0, 0.1) is 9.49 Å². The van der Waals surface area contributed by atoms with Gasteiger partial charge in [-0.15, -0.1) is 6.58 Å². The molecule has 0 spiro atoms. The monoisotopic (exact) mass is 352 g/mol. The summed E-state index contributed by atoms with van der Waals surface area (Å²) in [6.45, 7) is 5.43. The van der Waals surface area contributed by atoms with Crippen LogP contribution in [0.2, 0.25) is 0 Å². The zero-order valence-electron chi connectivity index (χ0n) is 9.98. The van der Waals surface area contributed by atoms with Gasteiger partial charge in [-0.3, -0.25) is 9.78 Å². The van der Waals surface area contributed by atoms with Gasteiger partial charge in [0.15, 0.2) is 0 Å². The van der Waals surface area contributed by atoms with Crippen molar-refractivity contribution < 1.29 is 4.79 Å². The lowest BCUT2D eigenvalue weighted by Gasteiger charge is -2.11. The van der Waals surface area contributed by atoms with Crippen LogP contribution in [0.25, 0.3) is 10.9 Å². The molecule has 1 amide bonds. The van der Waals surface area contributed by atoms with Crippen LogP contribution in [0.4, 0.5) is 5.69 Å². The highest BCUT2D eigenvalue weighted by molar-refractivity contribution is 14.1. The number of halogens is 1. The average molecular weight is 352 g/mol. The molecule has 1 atom stereocenters. The van der Waals surface area contributed by atoms with Crippen LogP contribution in [0.5, 0.6) is 0 Å².